The lowest BCUT2D eigenvalue weighted by molar-refractivity contribution is 0.289. The van der Waals surface area contributed by atoms with Gasteiger partial charge in [0.1, 0.15) is 23.0 Å². The van der Waals surface area contributed by atoms with Crippen LogP contribution in [-0.4, -0.2) is 13.5 Å². The Balaban J connectivity index is 0.850. The molecule has 0 aliphatic carbocycles. The highest BCUT2D eigenvalue weighted by atomic mass is 16.5. The first kappa shape index (κ1) is 47.3. The second-order valence-corrected chi connectivity index (χ2v) is 17.5. The zero-order valence-corrected chi connectivity index (χ0v) is 38.8. The van der Waals surface area contributed by atoms with E-state index in [9.17, 15) is 0 Å². The van der Waals surface area contributed by atoms with E-state index in [1.165, 1.54) is 125 Å². The Hall–Kier alpha value is -5.16. The number of unbranched alkanes of at least 4 members (excludes halogenated alkanes) is 12. The third kappa shape index (κ3) is 16.8. The number of hydrogen-bond acceptors (Lipinski definition) is 5. The molecule has 0 fully saturated rings. The quantitative estimate of drug-likeness (QED) is 0.0420. The first-order valence-electron chi connectivity index (χ1n) is 24.7. The highest BCUT2D eigenvalue weighted by molar-refractivity contribution is 5.55. The van der Waals surface area contributed by atoms with E-state index < -0.39 is 0 Å². The van der Waals surface area contributed by atoms with Crippen molar-refractivity contribution in [1.82, 2.24) is 0 Å². The highest BCUT2D eigenvalue weighted by Gasteiger charge is 2.20. The molecule has 0 spiro atoms. The minimum absolute atomic E-state index is 0.546. The van der Waals surface area contributed by atoms with Gasteiger partial charge < -0.3 is 24.0 Å². The van der Waals surface area contributed by atoms with E-state index in [0.717, 1.165) is 73.1 Å². The Morgan fingerprint density at radius 3 is 1.27 bits per heavy atom. The van der Waals surface area contributed by atoms with Crippen molar-refractivity contribution in [3.63, 3.8) is 0 Å². The van der Waals surface area contributed by atoms with Gasteiger partial charge in [0.05, 0.1) is 0 Å². The molecular weight excluding hydrogens is 773 g/mol. The summed E-state index contributed by atoms with van der Waals surface area (Å²) in [5.41, 5.74) is 7.49. The number of fused-ring (bicyclic) bond motifs is 2. The predicted molar refractivity (Wildman–Crippen MR) is 268 cm³/mol. The molecule has 0 aromatic heterocycles. The van der Waals surface area contributed by atoms with Crippen LogP contribution in [0.2, 0.25) is 0 Å². The molecule has 0 N–H and O–H groups in total. The third-order valence-electron chi connectivity index (χ3n) is 12.2. The standard InChI is InChI=1S/C58H76N2O3/c1-3-5-7-9-11-13-15-17-19-21-23-25-27-29-49-31-33-51-45-59(47-61-57(51)43-49)53-35-39-55(40-36-53)63-56-41-37-54(38-42-56)60-46-52-34-32-50(44-58(52)62-48-60)30-28-26-24-22-20-18-16-14-12-10-8-6-4-2/h7-10,13-16,31-44H,3-6,11-12,17-30,45-48H2,1-2H3/b9-7-,10-8-,15-13-,16-14-. The maximum atomic E-state index is 6.27. The van der Waals surface area contributed by atoms with E-state index in [4.69, 9.17) is 14.2 Å². The van der Waals surface area contributed by atoms with Gasteiger partial charge in [0, 0.05) is 35.6 Å². The Morgan fingerprint density at radius 1 is 0.444 bits per heavy atom. The summed E-state index contributed by atoms with van der Waals surface area (Å²) in [5, 5.41) is 0. The number of aryl methyl sites for hydroxylation is 2. The fraction of sp³-hybridized carbons (Fsp3) is 0.448. The monoisotopic (exact) mass is 849 g/mol. The molecule has 2 aliphatic heterocycles. The summed E-state index contributed by atoms with van der Waals surface area (Å²) >= 11 is 0. The van der Waals surface area contributed by atoms with Crippen molar-refractivity contribution in [2.75, 3.05) is 23.3 Å². The molecule has 2 heterocycles. The van der Waals surface area contributed by atoms with E-state index in [-0.39, 0.29) is 0 Å². The minimum Gasteiger partial charge on any atom is -0.473 e. The molecule has 63 heavy (non-hydrogen) atoms. The Kier molecular flexibility index (Phi) is 20.9. The van der Waals surface area contributed by atoms with E-state index >= 15 is 0 Å². The molecule has 4 aromatic rings. The number of nitrogens with zero attached hydrogens (tertiary/aromatic N) is 2. The summed E-state index contributed by atoms with van der Waals surface area (Å²) < 4.78 is 18.8. The molecule has 5 nitrogen and oxygen atoms in total. The number of benzene rings is 4. The fourth-order valence-corrected chi connectivity index (χ4v) is 8.34. The van der Waals surface area contributed by atoms with Gasteiger partial charge in [-0.05, 0) is 149 Å². The zero-order valence-electron chi connectivity index (χ0n) is 38.8. The number of hydrogen-bond donors (Lipinski definition) is 0. The van der Waals surface area contributed by atoms with Gasteiger partial charge in [-0.3, -0.25) is 0 Å². The lowest BCUT2D eigenvalue weighted by Crippen LogP contribution is -2.31. The topological polar surface area (TPSA) is 34.2 Å². The summed E-state index contributed by atoms with van der Waals surface area (Å²) in [7, 11) is 0. The van der Waals surface area contributed by atoms with Crippen LogP contribution >= 0.6 is 0 Å². The molecule has 0 unspecified atom stereocenters. The van der Waals surface area contributed by atoms with Crippen LogP contribution in [0.4, 0.5) is 11.4 Å². The largest absolute Gasteiger partial charge is 0.473 e. The van der Waals surface area contributed by atoms with Crippen molar-refractivity contribution in [2.45, 2.75) is 155 Å². The van der Waals surface area contributed by atoms with E-state index in [0.29, 0.717) is 13.5 Å². The Labute approximate surface area is 381 Å². The molecule has 0 bridgehead atoms. The number of ether oxygens (including phenoxy) is 3. The van der Waals surface area contributed by atoms with Gasteiger partial charge >= 0.3 is 0 Å². The molecule has 0 saturated carbocycles. The van der Waals surface area contributed by atoms with Gasteiger partial charge in [-0.15, -0.1) is 0 Å². The normalized spacial score (nSPS) is 13.9. The molecule has 2 aliphatic rings. The van der Waals surface area contributed by atoms with Gasteiger partial charge in [0.2, 0.25) is 0 Å². The summed E-state index contributed by atoms with van der Waals surface area (Å²) in [4.78, 5) is 4.55. The second kappa shape index (κ2) is 27.8. The molecule has 5 heteroatoms. The smallest absolute Gasteiger partial charge is 0.161 e. The molecule has 6 rings (SSSR count). The number of allylic oxidation sites excluding steroid dienone is 8. The highest BCUT2D eigenvalue weighted by Crippen LogP contribution is 2.34. The summed E-state index contributed by atoms with van der Waals surface area (Å²) in [6, 6.07) is 30.3. The first-order chi connectivity index (χ1) is 31.2. The van der Waals surface area contributed by atoms with Crippen molar-refractivity contribution in [3.05, 3.63) is 156 Å². The van der Waals surface area contributed by atoms with Gasteiger partial charge in [-0.2, -0.15) is 0 Å². The maximum Gasteiger partial charge on any atom is 0.161 e. The predicted octanol–water partition coefficient (Wildman–Crippen LogP) is 16.6. The Morgan fingerprint density at radius 2 is 0.841 bits per heavy atom. The second-order valence-electron chi connectivity index (χ2n) is 17.5. The molecular formula is C58H76N2O3. The van der Waals surface area contributed by atoms with Crippen LogP contribution in [-0.2, 0) is 25.9 Å². The third-order valence-corrected chi connectivity index (χ3v) is 12.2. The van der Waals surface area contributed by atoms with Gasteiger partial charge in [0.25, 0.3) is 0 Å². The molecule has 0 saturated heterocycles. The first-order valence-corrected chi connectivity index (χ1v) is 24.7. The van der Waals surface area contributed by atoms with Crippen LogP contribution in [0.3, 0.4) is 0 Å². The van der Waals surface area contributed by atoms with Crippen LogP contribution < -0.4 is 24.0 Å². The lowest BCUT2D eigenvalue weighted by atomic mass is 10.0. The minimum atomic E-state index is 0.546. The molecule has 0 amide bonds. The summed E-state index contributed by atoms with van der Waals surface area (Å²) in [6.07, 6.45) is 43.1. The van der Waals surface area contributed by atoms with Crippen molar-refractivity contribution in [1.29, 1.82) is 0 Å². The molecule has 336 valence electrons. The van der Waals surface area contributed by atoms with Crippen molar-refractivity contribution >= 4 is 11.4 Å². The fourth-order valence-electron chi connectivity index (χ4n) is 8.34. The maximum absolute atomic E-state index is 6.27. The number of anilines is 2. The van der Waals surface area contributed by atoms with Gasteiger partial charge in [0.15, 0.2) is 13.5 Å². The van der Waals surface area contributed by atoms with Gasteiger partial charge in [-0.1, -0.05) is 138 Å². The van der Waals surface area contributed by atoms with E-state index in [2.05, 4.69) is 133 Å². The van der Waals surface area contributed by atoms with Crippen LogP contribution in [0.15, 0.2) is 134 Å². The number of rotatable bonds is 28. The molecule has 0 atom stereocenters. The van der Waals surface area contributed by atoms with Gasteiger partial charge in [-0.25, -0.2) is 0 Å². The zero-order chi connectivity index (χ0) is 43.6. The lowest BCUT2D eigenvalue weighted by Gasteiger charge is -2.31. The van der Waals surface area contributed by atoms with Crippen molar-refractivity contribution in [2.24, 2.45) is 0 Å². The summed E-state index contributed by atoms with van der Waals surface area (Å²) in [5.74, 6) is 3.70. The Bertz CT molecular complexity index is 1870. The van der Waals surface area contributed by atoms with Crippen LogP contribution in [0.25, 0.3) is 0 Å². The average Bonchev–Trinajstić information content (AvgIpc) is 3.32. The van der Waals surface area contributed by atoms with Crippen LogP contribution in [0, 0.1) is 0 Å². The van der Waals surface area contributed by atoms with Crippen LogP contribution in [0.1, 0.15) is 152 Å². The van der Waals surface area contributed by atoms with E-state index in [1.54, 1.807) is 0 Å². The molecule has 0 radical (unpaired) electrons. The average molecular weight is 849 g/mol. The van der Waals surface area contributed by atoms with Crippen molar-refractivity contribution in [3.8, 4) is 23.0 Å². The molecule has 4 aromatic carbocycles. The SMILES string of the molecule is CCC/C=C\C/C=C\CCCCCCCc1ccc2c(c1)OCN(c1ccc(Oc3ccc(N4COc5cc(CCCCCCC/C=C\C/C=C\CCC)ccc5C4)cc3)cc1)C2. The van der Waals surface area contributed by atoms with Crippen LogP contribution in [0.5, 0.6) is 23.0 Å². The van der Waals surface area contributed by atoms with E-state index in [1.807, 2.05) is 24.3 Å². The van der Waals surface area contributed by atoms with Crippen molar-refractivity contribution < 1.29 is 14.2 Å². The summed E-state index contributed by atoms with van der Waals surface area (Å²) in [6.45, 7) is 7.22.